The molecular formula is C21H17BrN2O4. The van der Waals surface area contributed by atoms with Crippen LogP contribution in [0.5, 0.6) is 0 Å². The third-order valence-electron chi connectivity index (χ3n) is 4.74. The summed E-state index contributed by atoms with van der Waals surface area (Å²) in [5, 5.41) is 3.26. The number of halogens is 1. The summed E-state index contributed by atoms with van der Waals surface area (Å²) in [5.74, 6) is -0.898. The number of rotatable bonds is 4. The third-order valence-corrected chi connectivity index (χ3v) is 5.19. The summed E-state index contributed by atoms with van der Waals surface area (Å²) >= 11 is 3.44. The summed E-state index contributed by atoms with van der Waals surface area (Å²) in [4.78, 5) is 37.4. The fourth-order valence-electron chi connectivity index (χ4n) is 3.46. The number of nitrogens with one attached hydrogen (secondary N) is 1. The first-order valence-corrected chi connectivity index (χ1v) is 9.71. The van der Waals surface area contributed by atoms with Gasteiger partial charge in [-0.05, 0) is 55.3 Å². The number of nitrogens with zero attached hydrogens (tertiary/aromatic N) is 1. The van der Waals surface area contributed by atoms with Crippen LogP contribution >= 0.6 is 15.9 Å². The summed E-state index contributed by atoms with van der Waals surface area (Å²) in [5.41, 5.74) is 2.68. The van der Waals surface area contributed by atoms with Crippen LogP contribution in [0.1, 0.15) is 33.2 Å². The zero-order valence-electron chi connectivity index (χ0n) is 15.1. The largest absolute Gasteiger partial charge is 0.462 e. The van der Waals surface area contributed by atoms with Gasteiger partial charge in [-0.1, -0.05) is 15.9 Å². The first-order valence-electron chi connectivity index (χ1n) is 8.92. The Hall–Kier alpha value is -2.93. The predicted octanol–water partition coefficient (Wildman–Crippen LogP) is 3.75. The van der Waals surface area contributed by atoms with Crippen molar-refractivity contribution < 1.29 is 14.3 Å². The van der Waals surface area contributed by atoms with E-state index in [2.05, 4.69) is 21.2 Å². The number of aryl methyl sites for hydroxylation is 2. The van der Waals surface area contributed by atoms with Crippen LogP contribution in [0.4, 0.5) is 5.69 Å². The van der Waals surface area contributed by atoms with Gasteiger partial charge in [0.2, 0.25) is 5.43 Å². The number of esters is 1. The zero-order valence-corrected chi connectivity index (χ0v) is 16.7. The van der Waals surface area contributed by atoms with E-state index in [4.69, 9.17) is 4.74 Å². The standard InChI is InChI=1S/C21H17BrN2O4/c1-2-28-21(27)12-3-5-15(6-4-12)23-20(26)17-11-24-8-7-13-9-14(22)10-16(18(13)24)19(17)25/h3-6,9-11H,2,7-8H2,1H3,(H,23,26). The average molecular weight is 441 g/mol. The number of aromatic nitrogens is 1. The van der Waals surface area contributed by atoms with E-state index in [-0.39, 0.29) is 11.0 Å². The van der Waals surface area contributed by atoms with Gasteiger partial charge in [-0.15, -0.1) is 0 Å². The van der Waals surface area contributed by atoms with Crippen molar-refractivity contribution in [3.05, 3.63) is 74.0 Å². The molecule has 0 bridgehead atoms. The molecule has 1 aliphatic heterocycles. The Kier molecular flexibility index (Phi) is 4.77. The average Bonchev–Trinajstić information content (AvgIpc) is 3.08. The van der Waals surface area contributed by atoms with Gasteiger partial charge in [0.1, 0.15) is 5.56 Å². The second-order valence-electron chi connectivity index (χ2n) is 6.53. The maximum Gasteiger partial charge on any atom is 0.338 e. The van der Waals surface area contributed by atoms with Crippen molar-refractivity contribution in [1.82, 2.24) is 4.57 Å². The van der Waals surface area contributed by atoms with Gasteiger partial charge in [-0.25, -0.2) is 4.79 Å². The number of hydrogen-bond donors (Lipinski definition) is 1. The second-order valence-corrected chi connectivity index (χ2v) is 7.44. The molecule has 1 amide bonds. The van der Waals surface area contributed by atoms with Crippen LogP contribution in [0, 0.1) is 0 Å². The van der Waals surface area contributed by atoms with Crippen molar-refractivity contribution >= 4 is 44.4 Å². The molecule has 4 rings (SSSR count). The highest BCUT2D eigenvalue weighted by Gasteiger charge is 2.21. The van der Waals surface area contributed by atoms with E-state index in [9.17, 15) is 14.4 Å². The minimum Gasteiger partial charge on any atom is -0.462 e. The van der Waals surface area contributed by atoms with E-state index in [1.807, 2.05) is 10.6 Å². The topological polar surface area (TPSA) is 77.4 Å². The molecule has 1 aliphatic rings. The third kappa shape index (κ3) is 3.22. The molecule has 142 valence electrons. The summed E-state index contributed by atoms with van der Waals surface area (Å²) < 4.78 is 7.72. The van der Waals surface area contributed by atoms with Crippen LogP contribution in [0.3, 0.4) is 0 Å². The molecule has 0 fully saturated rings. The Morgan fingerprint density at radius 1 is 1.21 bits per heavy atom. The lowest BCUT2D eigenvalue weighted by molar-refractivity contribution is 0.0526. The van der Waals surface area contributed by atoms with Crippen LogP contribution in [-0.4, -0.2) is 23.1 Å². The highest BCUT2D eigenvalue weighted by Crippen LogP contribution is 2.28. The van der Waals surface area contributed by atoms with Crippen molar-refractivity contribution in [3.63, 3.8) is 0 Å². The summed E-state index contributed by atoms with van der Waals surface area (Å²) in [6, 6.07) is 10.1. The summed E-state index contributed by atoms with van der Waals surface area (Å²) in [7, 11) is 0. The first-order chi connectivity index (χ1) is 13.5. The van der Waals surface area contributed by atoms with Crippen molar-refractivity contribution in [3.8, 4) is 0 Å². The lowest BCUT2D eigenvalue weighted by atomic mass is 10.1. The number of carbonyl (C=O) groups is 2. The molecular weight excluding hydrogens is 424 g/mol. The number of carbonyl (C=O) groups excluding carboxylic acids is 2. The van der Waals surface area contributed by atoms with E-state index in [0.717, 1.165) is 28.5 Å². The molecule has 3 aromatic rings. The van der Waals surface area contributed by atoms with Crippen molar-refractivity contribution in [1.29, 1.82) is 0 Å². The van der Waals surface area contributed by atoms with Crippen LogP contribution in [-0.2, 0) is 17.7 Å². The highest BCUT2D eigenvalue weighted by molar-refractivity contribution is 9.10. The molecule has 6 nitrogen and oxygen atoms in total. The Morgan fingerprint density at radius 3 is 2.68 bits per heavy atom. The maximum atomic E-state index is 12.9. The van der Waals surface area contributed by atoms with Gasteiger partial charge in [0.05, 0.1) is 17.7 Å². The van der Waals surface area contributed by atoms with Crippen LogP contribution in [0.15, 0.2) is 51.9 Å². The molecule has 0 spiro atoms. The maximum absolute atomic E-state index is 12.9. The molecule has 2 aromatic carbocycles. The molecule has 1 aromatic heterocycles. The molecule has 0 saturated heterocycles. The van der Waals surface area contributed by atoms with Gasteiger partial charge in [-0.3, -0.25) is 9.59 Å². The number of ether oxygens (including phenoxy) is 1. The Morgan fingerprint density at radius 2 is 1.96 bits per heavy atom. The van der Waals surface area contributed by atoms with Crippen LogP contribution in [0.2, 0.25) is 0 Å². The SMILES string of the molecule is CCOC(=O)c1ccc(NC(=O)c2cn3c4c(cc(Br)cc4c2=O)CC3)cc1. The number of anilines is 1. The van der Waals surface area contributed by atoms with E-state index in [1.54, 1.807) is 43.5 Å². The molecule has 0 atom stereocenters. The van der Waals surface area contributed by atoms with E-state index >= 15 is 0 Å². The molecule has 1 N–H and O–H groups in total. The van der Waals surface area contributed by atoms with Crippen LogP contribution < -0.4 is 10.7 Å². The number of benzene rings is 2. The van der Waals surface area contributed by atoms with Gasteiger partial charge in [0.15, 0.2) is 0 Å². The predicted molar refractivity (Wildman–Crippen MR) is 110 cm³/mol. The molecule has 7 heteroatoms. The van der Waals surface area contributed by atoms with E-state index in [0.29, 0.717) is 23.2 Å². The van der Waals surface area contributed by atoms with Gasteiger partial charge >= 0.3 is 5.97 Å². The van der Waals surface area contributed by atoms with E-state index < -0.39 is 11.9 Å². The number of pyridine rings is 1. The number of amides is 1. The lowest BCUT2D eigenvalue weighted by Crippen LogP contribution is -2.23. The lowest BCUT2D eigenvalue weighted by Gasteiger charge is -2.10. The van der Waals surface area contributed by atoms with E-state index in [1.165, 1.54) is 0 Å². The number of hydrogen-bond acceptors (Lipinski definition) is 4. The normalized spacial score (nSPS) is 12.2. The fourth-order valence-corrected chi connectivity index (χ4v) is 3.97. The monoisotopic (exact) mass is 440 g/mol. The minimum absolute atomic E-state index is 0.0907. The molecule has 28 heavy (non-hydrogen) atoms. The smallest absolute Gasteiger partial charge is 0.338 e. The molecule has 2 heterocycles. The van der Waals surface area contributed by atoms with Gasteiger partial charge in [0, 0.05) is 28.3 Å². The van der Waals surface area contributed by atoms with Crippen LogP contribution in [0.25, 0.3) is 10.9 Å². The Labute approximate surface area is 169 Å². The highest BCUT2D eigenvalue weighted by atomic mass is 79.9. The van der Waals surface area contributed by atoms with Crippen molar-refractivity contribution in [2.75, 3.05) is 11.9 Å². The zero-order chi connectivity index (χ0) is 19.8. The Balaban J connectivity index is 1.65. The van der Waals surface area contributed by atoms with Gasteiger partial charge < -0.3 is 14.6 Å². The fraction of sp³-hybridized carbons (Fsp3) is 0.190. The minimum atomic E-state index is -0.479. The van der Waals surface area contributed by atoms with Crippen molar-refractivity contribution in [2.24, 2.45) is 0 Å². The van der Waals surface area contributed by atoms with Gasteiger partial charge in [0.25, 0.3) is 5.91 Å². The molecule has 0 radical (unpaired) electrons. The quantitative estimate of drug-likeness (QED) is 0.626. The van der Waals surface area contributed by atoms with Crippen molar-refractivity contribution in [2.45, 2.75) is 19.9 Å². The molecule has 0 saturated carbocycles. The van der Waals surface area contributed by atoms with Gasteiger partial charge in [-0.2, -0.15) is 0 Å². The summed E-state index contributed by atoms with van der Waals surface area (Å²) in [6.45, 7) is 2.77. The second kappa shape index (κ2) is 7.24. The summed E-state index contributed by atoms with van der Waals surface area (Å²) in [6.07, 6.45) is 2.45. The first kappa shape index (κ1) is 18.4. The molecule has 0 aliphatic carbocycles. The molecule has 0 unspecified atom stereocenters. The Bertz CT molecular complexity index is 1170.